The Morgan fingerprint density at radius 1 is 1.19 bits per heavy atom. The van der Waals surface area contributed by atoms with Gasteiger partial charge in [-0.1, -0.05) is 23.7 Å². The molecule has 3 rings (SSSR count). The molecule has 0 radical (unpaired) electrons. The summed E-state index contributed by atoms with van der Waals surface area (Å²) in [5.41, 5.74) is 7.25. The molecule has 1 amide bonds. The minimum atomic E-state index is -0.473. The minimum absolute atomic E-state index is 0.00895. The highest BCUT2D eigenvalue weighted by molar-refractivity contribution is 6.30. The van der Waals surface area contributed by atoms with Gasteiger partial charge in [-0.3, -0.25) is 4.90 Å². The molecule has 0 spiro atoms. The van der Waals surface area contributed by atoms with Gasteiger partial charge in [-0.2, -0.15) is 0 Å². The van der Waals surface area contributed by atoms with E-state index in [0.29, 0.717) is 19.0 Å². The highest BCUT2D eigenvalue weighted by Crippen LogP contribution is 2.26. The van der Waals surface area contributed by atoms with Gasteiger partial charge in [-0.15, -0.1) is 0 Å². The quantitative estimate of drug-likeness (QED) is 0.853. The molecule has 2 heterocycles. The summed E-state index contributed by atoms with van der Waals surface area (Å²) < 4.78 is 5.50. The zero-order chi connectivity index (χ0) is 19.6. The van der Waals surface area contributed by atoms with E-state index in [9.17, 15) is 4.79 Å². The molecule has 2 saturated heterocycles. The molecular formula is C21H32ClN3O2. The number of ether oxygens (including phenoxy) is 1. The monoisotopic (exact) mass is 393 g/mol. The van der Waals surface area contributed by atoms with Crippen molar-refractivity contribution in [3.05, 3.63) is 34.9 Å². The maximum absolute atomic E-state index is 12.3. The lowest BCUT2D eigenvalue weighted by Gasteiger charge is -2.37. The van der Waals surface area contributed by atoms with Crippen molar-refractivity contribution in [2.24, 2.45) is 11.7 Å². The molecule has 150 valence electrons. The van der Waals surface area contributed by atoms with E-state index >= 15 is 0 Å². The number of amides is 1. The molecule has 2 N–H and O–H groups in total. The molecule has 2 fully saturated rings. The first kappa shape index (κ1) is 20.4. The Labute approximate surface area is 167 Å². The minimum Gasteiger partial charge on any atom is -0.444 e. The second-order valence-electron chi connectivity index (χ2n) is 8.93. The highest BCUT2D eigenvalue weighted by atomic mass is 35.5. The predicted molar refractivity (Wildman–Crippen MR) is 109 cm³/mol. The zero-order valence-electron chi connectivity index (χ0n) is 16.7. The van der Waals surface area contributed by atoms with Gasteiger partial charge in [0.2, 0.25) is 0 Å². The van der Waals surface area contributed by atoms with Gasteiger partial charge in [0.1, 0.15) is 5.60 Å². The number of nitrogens with two attached hydrogens (primary N) is 1. The summed E-state index contributed by atoms with van der Waals surface area (Å²) in [5.74, 6) is 0.696. The van der Waals surface area contributed by atoms with Crippen LogP contribution in [0.25, 0.3) is 0 Å². The van der Waals surface area contributed by atoms with Crippen molar-refractivity contribution in [2.45, 2.75) is 57.7 Å². The van der Waals surface area contributed by atoms with E-state index in [1.165, 1.54) is 5.56 Å². The number of carbonyl (C=O) groups excluding carboxylic acids is 1. The Kier molecular flexibility index (Phi) is 6.34. The lowest BCUT2D eigenvalue weighted by molar-refractivity contribution is 0.0274. The zero-order valence-corrected chi connectivity index (χ0v) is 17.4. The first-order valence-electron chi connectivity index (χ1n) is 9.93. The fourth-order valence-corrected chi connectivity index (χ4v) is 4.24. The normalized spacial score (nSPS) is 25.0. The van der Waals surface area contributed by atoms with Gasteiger partial charge in [-0.05, 0) is 76.7 Å². The maximum Gasteiger partial charge on any atom is 0.410 e. The summed E-state index contributed by atoms with van der Waals surface area (Å²) >= 11 is 5.97. The molecule has 5 nitrogen and oxygen atoms in total. The van der Waals surface area contributed by atoms with Gasteiger partial charge in [-0.25, -0.2) is 4.79 Å². The Balaban J connectivity index is 1.49. The molecule has 0 aliphatic carbocycles. The maximum atomic E-state index is 12.3. The number of hydrogen-bond donors (Lipinski definition) is 1. The van der Waals surface area contributed by atoms with Crippen LogP contribution in [-0.4, -0.2) is 59.8 Å². The van der Waals surface area contributed by atoms with Gasteiger partial charge in [0.25, 0.3) is 0 Å². The number of carbonyl (C=O) groups is 1. The topological polar surface area (TPSA) is 58.8 Å². The third kappa shape index (κ3) is 5.59. The number of rotatable bonds is 3. The molecule has 2 atom stereocenters. The van der Waals surface area contributed by atoms with Crippen molar-refractivity contribution < 1.29 is 9.53 Å². The van der Waals surface area contributed by atoms with Crippen molar-refractivity contribution >= 4 is 17.7 Å². The summed E-state index contributed by atoms with van der Waals surface area (Å²) in [5, 5.41) is 0.790. The molecule has 0 bridgehead atoms. The Hall–Kier alpha value is -1.30. The molecule has 1 aromatic rings. The molecule has 0 unspecified atom stereocenters. The second kappa shape index (κ2) is 8.38. The summed E-state index contributed by atoms with van der Waals surface area (Å²) in [6, 6.07) is 8.41. The van der Waals surface area contributed by atoms with Crippen LogP contribution in [-0.2, 0) is 11.2 Å². The average molecular weight is 394 g/mol. The van der Waals surface area contributed by atoms with Crippen LogP contribution in [0.4, 0.5) is 4.79 Å². The SMILES string of the molecule is CC(C)(C)OC(=O)N1C[C@@H](N)[C@H](N2CCC(Cc3ccc(Cl)cc3)CC2)C1. The van der Waals surface area contributed by atoms with Gasteiger partial charge in [0.05, 0.1) is 0 Å². The van der Waals surface area contributed by atoms with Crippen LogP contribution in [0.15, 0.2) is 24.3 Å². The number of benzene rings is 1. The number of likely N-dealkylation sites (tertiary alicyclic amines) is 2. The van der Waals surface area contributed by atoms with Crippen LogP contribution in [0.5, 0.6) is 0 Å². The van der Waals surface area contributed by atoms with Gasteiger partial charge in [0, 0.05) is 30.2 Å². The van der Waals surface area contributed by atoms with Crippen LogP contribution in [0, 0.1) is 5.92 Å². The summed E-state index contributed by atoms with van der Waals surface area (Å²) in [4.78, 5) is 16.6. The van der Waals surface area contributed by atoms with Crippen molar-refractivity contribution in [1.82, 2.24) is 9.80 Å². The second-order valence-corrected chi connectivity index (χ2v) is 9.36. The third-order valence-corrected chi connectivity index (χ3v) is 5.79. The van der Waals surface area contributed by atoms with E-state index < -0.39 is 5.60 Å². The van der Waals surface area contributed by atoms with Gasteiger partial charge >= 0.3 is 6.09 Å². The van der Waals surface area contributed by atoms with Crippen molar-refractivity contribution in [1.29, 1.82) is 0 Å². The van der Waals surface area contributed by atoms with Crippen LogP contribution in [0.3, 0.4) is 0 Å². The van der Waals surface area contributed by atoms with E-state index in [0.717, 1.165) is 37.4 Å². The van der Waals surface area contributed by atoms with Crippen LogP contribution in [0.2, 0.25) is 5.02 Å². The highest BCUT2D eigenvalue weighted by Gasteiger charge is 2.39. The first-order chi connectivity index (χ1) is 12.7. The van der Waals surface area contributed by atoms with E-state index in [2.05, 4.69) is 17.0 Å². The lowest BCUT2D eigenvalue weighted by atomic mass is 9.89. The van der Waals surface area contributed by atoms with Crippen molar-refractivity contribution in [2.75, 3.05) is 26.2 Å². The summed E-state index contributed by atoms with van der Waals surface area (Å²) in [6.45, 7) is 9.00. The smallest absolute Gasteiger partial charge is 0.410 e. The third-order valence-electron chi connectivity index (χ3n) is 5.54. The number of nitrogens with zero attached hydrogens (tertiary/aromatic N) is 2. The first-order valence-corrected chi connectivity index (χ1v) is 10.3. The largest absolute Gasteiger partial charge is 0.444 e. The van der Waals surface area contributed by atoms with Gasteiger partial charge < -0.3 is 15.4 Å². The standard InChI is InChI=1S/C21H32ClN3O2/c1-21(2,3)27-20(26)25-13-18(23)19(14-25)24-10-8-16(9-11-24)12-15-4-6-17(22)7-5-15/h4-7,16,18-19H,8-14,23H2,1-3H3/t18-,19-/m1/s1. The van der Waals surface area contributed by atoms with E-state index in [-0.39, 0.29) is 18.2 Å². The average Bonchev–Trinajstić information content (AvgIpc) is 2.98. The molecule has 0 aromatic heterocycles. The number of piperidine rings is 1. The Bertz CT molecular complexity index is 636. The Morgan fingerprint density at radius 3 is 2.41 bits per heavy atom. The van der Waals surface area contributed by atoms with E-state index in [1.807, 2.05) is 32.9 Å². The van der Waals surface area contributed by atoms with Crippen LogP contribution in [0.1, 0.15) is 39.2 Å². The number of halogens is 1. The summed E-state index contributed by atoms with van der Waals surface area (Å²) in [6.07, 6.45) is 3.18. The van der Waals surface area contributed by atoms with Crippen LogP contribution >= 0.6 is 11.6 Å². The summed E-state index contributed by atoms with van der Waals surface area (Å²) in [7, 11) is 0. The molecule has 6 heteroatoms. The van der Waals surface area contributed by atoms with Crippen molar-refractivity contribution in [3.8, 4) is 0 Å². The molecule has 0 saturated carbocycles. The molecule has 27 heavy (non-hydrogen) atoms. The predicted octanol–water partition coefficient (Wildman–Crippen LogP) is 3.54. The fraction of sp³-hybridized carbons (Fsp3) is 0.667. The molecular weight excluding hydrogens is 362 g/mol. The Morgan fingerprint density at radius 2 is 1.81 bits per heavy atom. The molecule has 2 aliphatic rings. The van der Waals surface area contributed by atoms with Crippen molar-refractivity contribution in [3.63, 3.8) is 0 Å². The molecule has 1 aromatic carbocycles. The van der Waals surface area contributed by atoms with E-state index in [1.54, 1.807) is 4.90 Å². The van der Waals surface area contributed by atoms with E-state index in [4.69, 9.17) is 22.1 Å². The lowest BCUT2D eigenvalue weighted by Crippen LogP contribution is -2.50. The van der Waals surface area contributed by atoms with Crippen LogP contribution < -0.4 is 5.73 Å². The molecule has 2 aliphatic heterocycles. The fourth-order valence-electron chi connectivity index (χ4n) is 4.12. The van der Waals surface area contributed by atoms with Gasteiger partial charge in [0.15, 0.2) is 0 Å². The number of hydrogen-bond acceptors (Lipinski definition) is 4.